The van der Waals surface area contributed by atoms with Crippen molar-refractivity contribution in [3.05, 3.63) is 35.1 Å². The Balaban J connectivity index is 1.93. The van der Waals surface area contributed by atoms with Crippen LogP contribution in [0.5, 0.6) is 0 Å². The summed E-state index contributed by atoms with van der Waals surface area (Å²) in [5.41, 5.74) is 5.93. The third kappa shape index (κ3) is 4.03. The lowest BCUT2D eigenvalue weighted by molar-refractivity contribution is 0.1000. The van der Waals surface area contributed by atoms with Crippen molar-refractivity contribution in [2.75, 3.05) is 0 Å². The number of carbonyl (C=O) groups excluding carboxylic acids is 1. The van der Waals surface area contributed by atoms with Crippen LogP contribution < -0.4 is 11.1 Å². The van der Waals surface area contributed by atoms with Crippen molar-refractivity contribution in [2.24, 2.45) is 5.73 Å². The molecular weight excluding hydrogens is 243 g/mol. The van der Waals surface area contributed by atoms with Gasteiger partial charge in [-0.05, 0) is 25.0 Å². The van der Waals surface area contributed by atoms with Crippen LogP contribution in [0.2, 0.25) is 0 Å². The normalized spacial score (nSPS) is 17.1. The molecule has 0 atom stereocenters. The van der Waals surface area contributed by atoms with Crippen molar-refractivity contribution in [1.29, 1.82) is 0 Å². The molecule has 19 heavy (non-hydrogen) atoms. The largest absolute Gasteiger partial charge is 0.366 e. The van der Waals surface area contributed by atoms with E-state index < -0.39 is 5.91 Å². The van der Waals surface area contributed by atoms with Gasteiger partial charge in [0.1, 0.15) is 5.82 Å². The molecule has 1 aliphatic rings. The molecule has 0 bridgehead atoms. The predicted molar refractivity (Wildman–Crippen MR) is 73.2 cm³/mol. The average molecular weight is 264 g/mol. The predicted octanol–water partition coefficient (Wildman–Crippen LogP) is 2.74. The number of rotatable bonds is 4. The second kappa shape index (κ2) is 6.66. The molecule has 0 aromatic heterocycles. The number of hydrogen-bond acceptors (Lipinski definition) is 2. The van der Waals surface area contributed by atoms with Gasteiger partial charge in [0.25, 0.3) is 0 Å². The molecule has 4 heteroatoms. The first-order valence-electron chi connectivity index (χ1n) is 6.98. The SMILES string of the molecule is NC(=O)c1ccc(CNC2CCCCCC2)c(F)c1. The number of hydrogen-bond donors (Lipinski definition) is 2. The summed E-state index contributed by atoms with van der Waals surface area (Å²) in [4.78, 5) is 10.9. The Morgan fingerprint density at radius 3 is 2.53 bits per heavy atom. The number of primary amides is 1. The fraction of sp³-hybridized carbons (Fsp3) is 0.533. The summed E-state index contributed by atoms with van der Waals surface area (Å²) in [6.07, 6.45) is 7.45. The van der Waals surface area contributed by atoms with Gasteiger partial charge in [0.2, 0.25) is 5.91 Å². The third-order valence-electron chi connectivity index (χ3n) is 3.77. The minimum absolute atomic E-state index is 0.218. The maximum atomic E-state index is 13.8. The molecule has 0 spiro atoms. The Hall–Kier alpha value is -1.42. The van der Waals surface area contributed by atoms with Gasteiger partial charge >= 0.3 is 0 Å². The van der Waals surface area contributed by atoms with Gasteiger partial charge in [-0.1, -0.05) is 31.7 Å². The quantitative estimate of drug-likeness (QED) is 0.822. The van der Waals surface area contributed by atoms with Crippen LogP contribution in [0.15, 0.2) is 18.2 Å². The second-order valence-corrected chi connectivity index (χ2v) is 5.24. The van der Waals surface area contributed by atoms with Gasteiger partial charge in [0, 0.05) is 23.7 Å². The highest BCUT2D eigenvalue weighted by Crippen LogP contribution is 2.18. The lowest BCUT2D eigenvalue weighted by Gasteiger charge is -2.16. The van der Waals surface area contributed by atoms with E-state index in [9.17, 15) is 9.18 Å². The number of carbonyl (C=O) groups is 1. The van der Waals surface area contributed by atoms with E-state index in [1.807, 2.05) is 0 Å². The second-order valence-electron chi connectivity index (χ2n) is 5.24. The molecule has 0 radical (unpaired) electrons. The maximum absolute atomic E-state index is 13.8. The molecule has 1 saturated carbocycles. The first-order valence-corrected chi connectivity index (χ1v) is 6.98. The van der Waals surface area contributed by atoms with E-state index >= 15 is 0 Å². The Morgan fingerprint density at radius 2 is 1.95 bits per heavy atom. The van der Waals surface area contributed by atoms with E-state index in [4.69, 9.17) is 5.73 Å². The standard InChI is InChI=1S/C15H21FN2O/c16-14-9-11(15(17)19)7-8-12(14)10-18-13-5-3-1-2-4-6-13/h7-9,13,18H,1-6,10H2,(H2,17,19). The van der Waals surface area contributed by atoms with E-state index in [0.29, 0.717) is 18.2 Å². The molecule has 3 N–H and O–H groups in total. The van der Waals surface area contributed by atoms with Crippen molar-refractivity contribution >= 4 is 5.91 Å². The van der Waals surface area contributed by atoms with E-state index in [2.05, 4.69) is 5.32 Å². The van der Waals surface area contributed by atoms with Crippen molar-refractivity contribution in [2.45, 2.75) is 51.1 Å². The Bertz CT molecular complexity index is 440. The lowest BCUT2D eigenvalue weighted by Crippen LogP contribution is -2.28. The van der Waals surface area contributed by atoms with Crippen LogP contribution in [0.3, 0.4) is 0 Å². The fourth-order valence-electron chi connectivity index (χ4n) is 2.58. The molecule has 0 heterocycles. The van der Waals surface area contributed by atoms with Crippen molar-refractivity contribution in [3.8, 4) is 0 Å². The molecule has 3 nitrogen and oxygen atoms in total. The lowest BCUT2D eigenvalue weighted by atomic mass is 10.1. The third-order valence-corrected chi connectivity index (χ3v) is 3.77. The van der Waals surface area contributed by atoms with Gasteiger partial charge in [-0.15, -0.1) is 0 Å². The number of benzene rings is 1. The minimum Gasteiger partial charge on any atom is -0.366 e. The average Bonchev–Trinajstić information content (AvgIpc) is 2.65. The number of amides is 1. The molecule has 2 rings (SSSR count). The van der Waals surface area contributed by atoms with Gasteiger partial charge < -0.3 is 11.1 Å². The molecule has 0 unspecified atom stereocenters. The van der Waals surface area contributed by atoms with Gasteiger partial charge in [-0.25, -0.2) is 4.39 Å². The molecule has 104 valence electrons. The van der Waals surface area contributed by atoms with Crippen LogP contribution in [0.25, 0.3) is 0 Å². The molecule has 1 aliphatic carbocycles. The summed E-state index contributed by atoms with van der Waals surface area (Å²) in [6, 6.07) is 4.92. The number of nitrogens with one attached hydrogen (secondary N) is 1. The van der Waals surface area contributed by atoms with Crippen LogP contribution in [-0.2, 0) is 6.54 Å². The highest BCUT2D eigenvalue weighted by Gasteiger charge is 2.13. The summed E-state index contributed by atoms with van der Waals surface area (Å²) >= 11 is 0. The molecule has 1 aromatic rings. The highest BCUT2D eigenvalue weighted by molar-refractivity contribution is 5.92. The van der Waals surface area contributed by atoms with Gasteiger partial charge in [0.05, 0.1) is 0 Å². The summed E-state index contributed by atoms with van der Waals surface area (Å²) in [5.74, 6) is -0.959. The molecule has 0 aliphatic heterocycles. The smallest absolute Gasteiger partial charge is 0.248 e. The van der Waals surface area contributed by atoms with Crippen LogP contribution >= 0.6 is 0 Å². The van der Waals surface area contributed by atoms with Gasteiger partial charge in [-0.2, -0.15) is 0 Å². The summed E-state index contributed by atoms with van der Waals surface area (Å²) in [6.45, 7) is 0.509. The Kier molecular flexibility index (Phi) is 4.91. The first-order chi connectivity index (χ1) is 9.16. The molecule has 1 aromatic carbocycles. The summed E-state index contributed by atoms with van der Waals surface area (Å²) in [7, 11) is 0. The van der Waals surface area contributed by atoms with E-state index in [1.165, 1.54) is 44.6 Å². The van der Waals surface area contributed by atoms with Gasteiger partial charge in [0.15, 0.2) is 0 Å². The molecule has 1 amide bonds. The summed E-state index contributed by atoms with van der Waals surface area (Å²) < 4.78 is 13.8. The maximum Gasteiger partial charge on any atom is 0.248 e. The zero-order valence-electron chi connectivity index (χ0n) is 11.1. The zero-order valence-corrected chi connectivity index (χ0v) is 11.1. The fourth-order valence-corrected chi connectivity index (χ4v) is 2.58. The topological polar surface area (TPSA) is 55.1 Å². The van der Waals surface area contributed by atoms with Crippen LogP contribution in [0.4, 0.5) is 4.39 Å². The van der Waals surface area contributed by atoms with E-state index in [-0.39, 0.29) is 11.4 Å². The minimum atomic E-state index is -0.595. The molecule has 1 fully saturated rings. The number of halogens is 1. The zero-order chi connectivity index (χ0) is 13.7. The first kappa shape index (κ1) is 14.0. The Morgan fingerprint density at radius 1 is 1.26 bits per heavy atom. The van der Waals surface area contributed by atoms with Crippen LogP contribution in [-0.4, -0.2) is 11.9 Å². The van der Waals surface area contributed by atoms with E-state index in [1.54, 1.807) is 12.1 Å². The van der Waals surface area contributed by atoms with E-state index in [0.717, 1.165) is 0 Å². The summed E-state index contributed by atoms with van der Waals surface area (Å²) in [5, 5.41) is 3.41. The highest BCUT2D eigenvalue weighted by atomic mass is 19.1. The molecular formula is C15H21FN2O. The van der Waals surface area contributed by atoms with Crippen molar-refractivity contribution < 1.29 is 9.18 Å². The Labute approximate surface area is 113 Å². The number of nitrogens with two attached hydrogens (primary N) is 1. The van der Waals surface area contributed by atoms with Crippen molar-refractivity contribution in [1.82, 2.24) is 5.32 Å². The van der Waals surface area contributed by atoms with Gasteiger partial charge in [-0.3, -0.25) is 4.79 Å². The molecule has 0 saturated heterocycles. The van der Waals surface area contributed by atoms with Crippen LogP contribution in [0, 0.1) is 5.82 Å². The monoisotopic (exact) mass is 264 g/mol. The van der Waals surface area contributed by atoms with Crippen LogP contribution in [0.1, 0.15) is 54.4 Å². The van der Waals surface area contributed by atoms with Crippen molar-refractivity contribution in [3.63, 3.8) is 0 Å².